The molecule has 0 aromatic carbocycles. The molecule has 0 saturated carbocycles. The summed E-state index contributed by atoms with van der Waals surface area (Å²) in [7, 11) is 0. The predicted molar refractivity (Wildman–Crippen MR) is 53.6 cm³/mol. The van der Waals surface area contributed by atoms with Gasteiger partial charge in [-0.25, -0.2) is 4.68 Å². The summed E-state index contributed by atoms with van der Waals surface area (Å²) >= 11 is 0. The third-order valence-electron chi connectivity index (χ3n) is 2.36. The van der Waals surface area contributed by atoms with Crippen LogP contribution < -0.4 is 0 Å². The van der Waals surface area contributed by atoms with E-state index < -0.39 is 0 Å². The van der Waals surface area contributed by atoms with Crippen molar-refractivity contribution in [2.24, 2.45) is 0 Å². The Labute approximate surface area is 80.1 Å². The first-order valence-corrected chi connectivity index (χ1v) is 5.16. The zero-order valence-corrected chi connectivity index (χ0v) is 8.82. The minimum Gasteiger partial charge on any atom is -0.249 e. The number of rotatable bonds is 5. The van der Waals surface area contributed by atoms with Gasteiger partial charge in [-0.05, 0) is 19.8 Å². The molecule has 0 aliphatic heterocycles. The molecule has 1 unspecified atom stereocenters. The largest absolute Gasteiger partial charge is 0.249 e. The maximum atomic E-state index is 4.11. The van der Waals surface area contributed by atoms with E-state index in [2.05, 4.69) is 24.2 Å². The number of hydrogen-bond acceptors (Lipinski definition) is 2. The summed E-state index contributed by atoms with van der Waals surface area (Å²) in [5.74, 6) is 0. The molecular formula is C10H19N3. The molecule has 1 aromatic rings. The summed E-state index contributed by atoms with van der Waals surface area (Å²) in [5.41, 5.74) is 1.01. The molecule has 0 aliphatic carbocycles. The first kappa shape index (κ1) is 10.2. The van der Waals surface area contributed by atoms with E-state index in [4.69, 9.17) is 0 Å². The summed E-state index contributed by atoms with van der Waals surface area (Å²) < 4.78 is 2.00. The molecule has 13 heavy (non-hydrogen) atoms. The third-order valence-corrected chi connectivity index (χ3v) is 2.36. The second-order valence-corrected chi connectivity index (χ2v) is 3.54. The van der Waals surface area contributed by atoms with Crippen LogP contribution in [0.2, 0.25) is 0 Å². The molecule has 0 bridgehead atoms. The van der Waals surface area contributed by atoms with Crippen molar-refractivity contribution in [2.75, 3.05) is 0 Å². The normalized spacial score (nSPS) is 13.2. The molecule has 0 spiro atoms. The van der Waals surface area contributed by atoms with Gasteiger partial charge in [0.15, 0.2) is 0 Å². The molecule has 0 radical (unpaired) electrons. The average Bonchev–Trinajstić information content (AvgIpc) is 2.54. The van der Waals surface area contributed by atoms with Crippen molar-refractivity contribution in [3.63, 3.8) is 0 Å². The van der Waals surface area contributed by atoms with Gasteiger partial charge in [-0.3, -0.25) is 0 Å². The molecule has 1 heterocycles. The van der Waals surface area contributed by atoms with Crippen LogP contribution in [0, 0.1) is 6.92 Å². The molecular weight excluding hydrogens is 162 g/mol. The fourth-order valence-electron chi connectivity index (χ4n) is 1.51. The zero-order chi connectivity index (χ0) is 9.68. The van der Waals surface area contributed by atoms with Gasteiger partial charge in [0.1, 0.15) is 0 Å². The zero-order valence-electron chi connectivity index (χ0n) is 8.82. The van der Waals surface area contributed by atoms with Crippen molar-refractivity contribution >= 4 is 0 Å². The van der Waals surface area contributed by atoms with E-state index >= 15 is 0 Å². The van der Waals surface area contributed by atoms with Gasteiger partial charge in [-0.2, -0.15) is 0 Å². The molecule has 1 aromatic heterocycles. The standard InChI is InChI=1S/C10H19N3/c1-4-6-7-10(5-2)13-8-9(3)11-12-13/h8,10H,4-7H2,1-3H3. The van der Waals surface area contributed by atoms with Gasteiger partial charge >= 0.3 is 0 Å². The van der Waals surface area contributed by atoms with Crippen LogP contribution in [-0.4, -0.2) is 15.0 Å². The van der Waals surface area contributed by atoms with Crippen molar-refractivity contribution < 1.29 is 0 Å². The maximum absolute atomic E-state index is 4.11. The van der Waals surface area contributed by atoms with Crippen LogP contribution in [0.1, 0.15) is 51.3 Å². The van der Waals surface area contributed by atoms with Crippen molar-refractivity contribution in [3.8, 4) is 0 Å². The molecule has 0 N–H and O–H groups in total. The van der Waals surface area contributed by atoms with E-state index in [0.29, 0.717) is 6.04 Å². The molecule has 0 aliphatic rings. The predicted octanol–water partition coefficient (Wildman–Crippen LogP) is 2.73. The van der Waals surface area contributed by atoms with Gasteiger partial charge < -0.3 is 0 Å². The van der Waals surface area contributed by atoms with Crippen LogP contribution >= 0.6 is 0 Å². The van der Waals surface area contributed by atoms with E-state index in [1.54, 1.807) is 0 Å². The van der Waals surface area contributed by atoms with Crippen molar-refractivity contribution in [3.05, 3.63) is 11.9 Å². The maximum Gasteiger partial charge on any atom is 0.0796 e. The Bertz CT molecular complexity index is 242. The monoisotopic (exact) mass is 181 g/mol. The Morgan fingerprint density at radius 2 is 2.23 bits per heavy atom. The molecule has 1 atom stereocenters. The van der Waals surface area contributed by atoms with Crippen molar-refractivity contribution in [1.29, 1.82) is 0 Å². The van der Waals surface area contributed by atoms with Gasteiger partial charge in [0, 0.05) is 6.20 Å². The molecule has 0 fully saturated rings. The van der Waals surface area contributed by atoms with E-state index in [-0.39, 0.29) is 0 Å². The number of unbranched alkanes of at least 4 members (excludes halogenated alkanes) is 1. The van der Waals surface area contributed by atoms with E-state index in [0.717, 1.165) is 12.1 Å². The van der Waals surface area contributed by atoms with Crippen LogP contribution in [0.4, 0.5) is 0 Å². The molecule has 0 saturated heterocycles. The van der Waals surface area contributed by atoms with Gasteiger partial charge in [-0.15, -0.1) is 5.10 Å². The lowest BCUT2D eigenvalue weighted by Gasteiger charge is -2.13. The third kappa shape index (κ3) is 2.83. The smallest absolute Gasteiger partial charge is 0.0796 e. The number of aryl methyl sites for hydroxylation is 1. The first-order valence-electron chi connectivity index (χ1n) is 5.16. The number of aromatic nitrogens is 3. The highest BCUT2D eigenvalue weighted by atomic mass is 15.4. The van der Waals surface area contributed by atoms with Crippen LogP contribution in [0.5, 0.6) is 0 Å². The van der Waals surface area contributed by atoms with Gasteiger partial charge in [0.25, 0.3) is 0 Å². The fourth-order valence-corrected chi connectivity index (χ4v) is 1.51. The van der Waals surface area contributed by atoms with E-state index in [9.17, 15) is 0 Å². The summed E-state index contributed by atoms with van der Waals surface area (Å²) in [6.07, 6.45) is 6.92. The van der Waals surface area contributed by atoms with Gasteiger partial charge in [0.2, 0.25) is 0 Å². The van der Waals surface area contributed by atoms with Crippen LogP contribution in [-0.2, 0) is 0 Å². The highest BCUT2D eigenvalue weighted by molar-refractivity contribution is 4.88. The van der Waals surface area contributed by atoms with E-state index in [1.165, 1.54) is 19.3 Å². The molecule has 3 nitrogen and oxygen atoms in total. The van der Waals surface area contributed by atoms with Crippen molar-refractivity contribution in [1.82, 2.24) is 15.0 Å². The Morgan fingerprint density at radius 1 is 1.46 bits per heavy atom. The van der Waals surface area contributed by atoms with Crippen LogP contribution in [0.15, 0.2) is 6.20 Å². The van der Waals surface area contributed by atoms with Crippen LogP contribution in [0.3, 0.4) is 0 Å². The lowest BCUT2D eigenvalue weighted by molar-refractivity contribution is 0.392. The highest BCUT2D eigenvalue weighted by Crippen LogP contribution is 2.17. The number of hydrogen-bond donors (Lipinski definition) is 0. The van der Waals surface area contributed by atoms with Crippen LogP contribution in [0.25, 0.3) is 0 Å². The lowest BCUT2D eigenvalue weighted by atomic mass is 10.1. The topological polar surface area (TPSA) is 30.7 Å². The average molecular weight is 181 g/mol. The molecule has 3 heteroatoms. The van der Waals surface area contributed by atoms with Gasteiger partial charge in [-0.1, -0.05) is 31.9 Å². The van der Waals surface area contributed by atoms with Gasteiger partial charge in [0.05, 0.1) is 11.7 Å². The second kappa shape index (κ2) is 5.00. The highest BCUT2D eigenvalue weighted by Gasteiger charge is 2.08. The van der Waals surface area contributed by atoms with E-state index in [1.807, 2.05) is 17.8 Å². The fraction of sp³-hybridized carbons (Fsp3) is 0.800. The Morgan fingerprint density at radius 3 is 2.69 bits per heavy atom. The Kier molecular flexibility index (Phi) is 3.93. The first-order chi connectivity index (χ1) is 6.27. The Balaban J connectivity index is 2.56. The number of nitrogens with zero attached hydrogens (tertiary/aromatic N) is 3. The lowest BCUT2D eigenvalue weighted by Crippen LogP contribution is -2.08. The molecule has 1 rings (SSSR count). The summed E-state index contributed by atoms with van der Waals surface area (Å²) in [6.45, 7) is 6.41. The minimum atomic E-state index is 0.543. The summed E-state index contributed by atoms with van der Waals surface area (Å²) in [6, 6.07) is 0.543. The van der Waals surface area contributed by atoms with Crippen molar-refractivity contribution in [2.45, 2.75) is 52.5 Å². The summed E-state index contributed by atoms with van der Waals surface area (Å²) in [5, 5.41) is 8.11. The Hall–Kier alpha value is -0.860. The second-order valence-electron chi connectivity index (χ2n) is 3.54. The minimum absolute atomic E-state index is 0.543. The molecule has 74 valence electrons. The molecule has 0 amide bonds. The SMILES string of the molecule is CCCCC(CC)n1cc(C)nn1. The quantitative estimate of drug-likeness (QED) is 0.699. The summed E-state index contributed by atoms with van der Waals surface area (Å²) in [4.78, 5) is 0.